The highest BCUT2D eigenvalue weighted by atomic mass is 31.0. The summed E-state index contributed by atoms with van der Waals surface area (Å²) < 4.78 is 0. The van der Waals surface area contributed by atoms with Gasteiger partial charge < -0.3 is 0 Å². The van der Waals surface area contributed by atoms with Crippen molar-refractivity contribution in [3.8, 4) is 12.1 Å². The van der Waals surface area contributed by atoms with Crippen LogP contribution in [0.25, 0.3) is 41.7 Å². The van der Waals surface area contributed by atoms with Crippen molar-refractivity contribution in [3.63, 3.8) is 0 Å². The average molecular weight is 348 g/mol. The molecule has 4 aromatic rings. The van der Waals surface area contributed by atoms with E-state index in [1.165, 1.54) is 0 Å². The minimum Gasteiger partial charge on any atom is -0.236 e. The third-order valence-corrected chi connectivity index (χ3v) is 5.76. The van der Waals surface area contributed by atoms with Gasteiger partial charge >= 0.3 is 0 Å². The van der Waals surface area contributed by atoms with E-state index >= 15 is 0 Å². The Kier molecular flexibility index (Phi) is 3.29. The summed E-state index contributed by atoms with van der Waals surface area (Å²) in [5.41, 5.74) is 2.25. The van der Waals surface area contributed by atoms with Crippen molar-refractivity contribution < 1.29 is 0 Å². The number of nitrogens with zero attached hydrogens (tertiary/aromatic N) is 4. The van der Waals surface area contributed by atoms with Crippen molar-refractivity contribution >= 4 is 51.6 Å². The predicted molar refractivity (Wildman–Crippen MR) is 104 cm³/mol. The molecule has 0 aliphatic heterocycles. The van der Waals surface area contributed by atoms with Crippen LogP contribution in [0.4, 0.5) is 11.4 Å². The second-order valence-electron chi connectivity index (χ2n) is 6.16. The Morgan fingerprint density at radius 3 is 1.96 bits per heavy atom. The van der Waals surface area contributed by atoms with Gasteiger partial charge in [-0.3, -0.25) is 0 Å². The largest absolute Gasteiger partial charge is 0.236 e. The van der Waals surface area contributed by atoms with Crippen LogP contribution in [0.2, 0.25) is 0 Å². The monoisotopic (exact) mass is 348 g/mol. The molecule has 0 amide bonds. The van der Waals surface area contributed by atoms with Crippen molar-refractivity contribution in [2.45, 2.75) is 13.8 Å². The summed E-state index contributed by atoms with van der Waals surface area (Å²) >= 11 is 0. The highest BCUT2D eigenvalue weighted by Gasteiger charge is 2.23. The number of rotatable bonds is 0. The Hall–Kier alpha value is -3.69. The molecule has 4 rings (SSSR count). The quantitative estimate of drug-likeness (QED) is 0.265. The van der Waals surface area contributed by atoms with Gasteiger partial charge in [-0.15, -0.1) is 0 Å². The van der Waals surface area contributed by atoms with Gasteiger partial charge in [0.25, 0.3) is 0 Å². The lowest BCUT2D eigenvalue weighted by Crippen LogP contribution is -1.92. The predicted octanol–water partition coefficient (Wildman–Crippen LogP) is 6.63. The van der Waals surface area contributed by atoms with Crippen LogP contribution in [-0.4, -0.2) is 0 Å². The average Bonchev–Trinajstić information content (AvgIpc) is 2.63. The molecular formula is C21H9N4P. The van der Waals surface area contributed by atoms with Crippen LogP contribution in [0.1, 0.15) is 22.0 Å². The van der Waals surface area contributed by atoms with Crippen molar-refractivity contribution in [1.29, 1.82) is 10.5 Å². The lowest BCUT2D eigenvalue weighted by molar-refractivity contribution is 1.48. The van der Waals surface area contributed by atoms with Crippen LogP contribution in [0, 0.1) is 49.7 Å². The first-order chi connectivity index (χ1) is 12.5. The SMILES string of the molecule is [C-]#[N+]c1c(C#N)c2cc(C)cc3c(C#N)c([N+]#[C-])c4pc(C)cc1c4c23. The summed E-state index contributed by atoms with van der Waals surface area (Å²) in [7, 11) is 0.863. The third-order valence-electron chi connectivity index (χ3n) is 4.62. The van der Waals surface area contributed by atoms with Crippen LogP contribution >= 0.6 is 8.19 Å². The summed E-state index contributed by atoms with van der Waals surface area (Å²) in [6.07, 6.45) is 0. The maximum absolute atomic E-state index is 9.76. The Morgan fingerprint density at radius 1 is 0.846 bits per heavy atom. The fourth-order valence-corrected chi connectivity index (χ4v) is 4.85. The van der Waals surface area contributed by atoms with Crippen molar-refractivity contribution in [1.82, 2.24) is 0 Å². The normalized spacial score (nSPS) is 10.8. The van der Waals surface area contributed by atoms with Gasteiger partial charge in [0.05, 0.1) is 36.4 Å². The van der Waals surface area contributed by atoms with Gasteiger partial charge in [-0.05, 0) is 51.6 Å². The number of hydrogen-bond donors (Lipinski definition) is 0. The molecule has 0 unspecified atom stereocenters. The summed E-state index contributed by atoms with van der Waals surface area (Å²) in [6, 6.07) is 10.1. The van der Waals surface area contributed by atoms with Crippen molar-refractivity contribution in [2.75, 3.05) is 0 Å². The second-order valence-corrected chi connectivity index (χ2v) is 7.54. The molecule has 118 valence electrons. The van der Waals surface area contributed by atoms with Crippen LogP contribution in [0.15, 0.2) is 18.2 Å². The molecule has 0 saturated heterocycles. The van der Waals surface area contributed by atoms with E-state index in [0.29, 0.717) is 38.7 Å². The standard InChI is InChI=1S/C21H9N4P/c1-10-5-12-15(8-22)19(24-3)14-7-11(2)26-21-18(14)17(12)13(6-10)16(9-23)20(21)25-4/h5-7H,1-2H3. The summed E-state index contributed by atoms with van der Waals surface area (Å²) in [4.78, 5) is 7.32. The molecule has 1 aromatic heterocycles. The van der Waals surface area contributed by atoms with Crippen molar-refractivity contribution in [2.24, 2.45) is 0 Å². The lowest BCUT2D eigenvalue weighted by atomic mass is 9.88. The zero-order valence-electron chi connectivity index (χ0n) is 14.0. The minimum absolute atomic E-state index is 0.322. The summed E-state index contributed by atoms with van der Waals surface area (Å²) in [6.45, 7) is 19.1. The number of nitriles is 2. The van der Waals surface area contributed by atoms with E-state index in [1.54, 1.807) is 0 Å². The van der Waals surface area contributed by atoms with Crippen LogP contribution in [-0.2, 0) is 0 Å². The van der Waals surface area contributed by atoms with Crippen LogP contribution in [0.5, 0.6) is 0 Å². The molecule has 0 aliphatic carbocycles. The first-order valence-corrected chi connectivity index (χ1v) is 8.67. The molecule has 26 heavy (non-hydrogen) atoms. The van der Waals surface area contributed by atoms with Gasteiger partial charge in [0.15, 0.2) is 0 Å². The molecule has 0 atom stereocenters. The van der Waals surface area contributed by atoms with E-state index < -0.39 is 0 Å². The van der Waals surface area contributed by atoms with Crippen LogP contribution in [0.3, 0.4) is 0 Å². The van der Waals surface area contributed by atoms with E-state index in [2.05, 4.69) is 21.8 Å². The highest BCUT2D eigenvalue weighted by molar-refractivity contribution is 7.38. The molecule has 0 aliphatic rings. The van der Waals surface area contributed by atoms with Gasteiger partial charge in [0.2, 0.25) is 11.4 Å². The molecule has 5 heteroatoms. The Bertz CT molecular complexity index is 1220. The van der Waals surface area contributed by atoms with Gasteiger partial charge in [-0.2, -0.15) is 10.5 Å². The third kappa shape index (κ3) is 1.83. The molecule has 0 saturated carbocycles. The second kappa shape index (κ2) is 5.41. The number of aryl methyl sites for hydroxylation is 2. The first kappa shape index (κ1) is 15.8. The van der Waals surface area contributed by atoms with Gasteiger partial charge in [-0.25, -0.2) is 9.69 Å². The Labute approximate surface area is 151 Å². The maximum Gasteiger partial charge on any atom is 0.217 e. The molecule has 0 N–H and O–H groups in total. The van der Waals surface area contributed by atoms with Gasteiger partial charge in [-0.1, -0.05) is 26.4 Å². The minimum atomic E-state index is 0.322. The molecule has 0 radical (unpaired) electrons. The smallest absolute Gasteiger partial charge is 0.217 e. The van der Waals surface area contributed by atoms with E-state index in [1.807, 2.05) is 32.0 Å². The summed E-state index contributed by atoms with van der Waals surface area (Å²) in [5.74, 6) is 0. The molecule has 3 aromatic carbocycles. The van der Waals surface area contributed by atoms with E-state index in [0.717, 1.165) is 34.9 Å². The topological polar surface area (TPSA) is 56.3 Å². The fraction of sp³-hybridized carbons (Fsp3) is 0.0952. The Morgan fingerprint density at radius 2 is 1.42 bits per heavy atom. The highest BCUT2D eigenvalue weighted by Crippen LogP contribution is 2.51. The number of hydrogen-bond acceptors (Lipinski definition) is 2. The van der Waals surface area contributed by atoms with Gasteiger partial charge in [0.1, 0.15) is 0 Å². The van der Waals surface area contributed by atoms with Gasteiger partial charge in [0, 0.05) is 5.12 Å². The van der Waals surface area contributed by atoms with Crippen LogP contribution < -0.4 is 0 Å². The Balaban J connectivity index is 2.58. The van der Waals surface area contributed by atoms with E-state index in [-0.39, 0.29) is 0 Å². The molecular weight excluding hydrogens is 339 g/mol. The molecule has 0 fully saturated rings. The summed E-state index contributed by atoms with van der Waals surface area (Å²) in [5, 5.41) is 25.0. The molecule has 4 nitrogen and oxygen atoms in total. The molecule has 1 heterocycles. The fourth-order valence-electron chi connectivity index (χ4n) is 3.69. The molecule has 0 spiro atoms. The first-order valence-electron chi connectivity index (χ1n) is 7.77. The van der Waals surface area contributed by atoms with E-state index in [4.69, 9.17) is 13.1 Å². The zero-order valence-corrected chi connectivity index (χ0v) is 14.9. The zero-order chi connectivity index (χ0) is 18.6. The lowest BCUT2D eigenvalue weighted by Gasteiger charge is -2.17. The van der Waals surface area contributed by atoms with E-state index in [9.17, 15) is 10.5 Å². The molecule has 0 bridgehead atoms. The van der Waals surface area contributed by atoms with Crippen molar-refractivity contribution in [3.05, 3.63) is 63.0 Å². The number of benzene rings is 3. The maximum atomic E-state index is 9.76.